The molecular weight excluding hydrogens is 1080 g/mol. The maximum Gasteiger partial charge on any atom is 0.404 e. The highest BCUT2D eigenvalue weighted by atomic mass is 32.2. The number of rotatable bonds is 15. The molecule has 5 heterocycles. The summed E-state index contributed by atoms with van der Waals surface area (Å²) in [7, 11) is -3.70. The Morgan fingerprint density at radius 3 is 2.15 bits per heavy atom. The van der Waals surface area contributed by atoms with Gasteiger partial charge >= 0.3 is 13.3 Å². The molecule has 3 aromatic carbocycles. The molecule has 1 spiro atoms. The highest BCUT2D eigenvalue weighted by molar-refractivity contribution is 8.14. The monoisotopic (exact) mass is 1140 g/mol. The molecule has 3 saturated heterocycles. The molecule has 4 atom stereocenters. The van der Waals surface area contributed by atoms with Gasteiger partial charge in [-0.05, 0) is 98.2 Å². The predicted octanol–water partition coefficient (Wildman–Crippen LogP) is 9.43. The van der Waals surface area contributed by atoms with E-state index in [1.807, 2.05) is 24.0 Å². The number of amides is 4. The zero-order valence-corrected chi connectivity index (χ0v) is 48.2. The van der Waals surface area contributed by atoms with Crippen molar-refractivity contribution in [3.63, 3.8) is 0 Å². The van der Waals surface area contributed by atoms with Gasteiger partial charge in [0, 0.05) is 83.4 Å². The number of aryl methyl sites for hydroxylation is 2. The minimum absolute atomic E-state index is 0.0319. The number of halogens is 2. The molecule has 1 N–H and O–H groups in total. The summed E-state index contributed by atoms with van der Waals surface area (Å²) in [5.74, 6) is -2.32. The molecule has 22 heteroatoms. The van der Waals surface area contributed by atoms with Crippen LogP contribution in [0.1, 0.15) is 124 Å². The SMILES string of the molecule is Cc1ccc2onc(C(=O)N3CC[C@H]4CC[C@@H](C(=O)N5C[C@@H](c6ccn(C)c(=O)c6)CC56CC6)N4C(=O)[C@@H](NC(=O)c4ccc5ccc(C(F)(F)P(=O)(OCCSC(=O)C(C)(C)C)OCCSC(=O)C(C)(C)C)cc5c4)C3)c2c1. The summed E-state index contributed by atoms with van der Waals surface area (Å²) < 4.78 is 66.0. The molecular formula is C57H67F2N6O11PS2. The molecule has 0 radical (unpaired) electrons. The molecule has 2 aromatic heterocycles. The summed E-state index contributed by atoms with van der Waals surface area (Å²) in [5, 5.41) is 7.59. The van der Waals surface area contributed by atoms with Crippen molar-refractivity contribution in [2.75, 3.05) is 44.4 Å². The molecule has 3 aliphatic heterocycles. The number of likely N-dealkylation sites (tertiary alicyclic amines) is 1. The van der Waals surface area contributed by atoms with E-state index in [1.165, 1.54) is 33.7 Å². The first-order valence-electron chi connectivity index (χ1n) is 26.6. The van der Waals surface area contributed by atoms with Crippen LogP contribution >= 0.6 is 31.1 Å². The van der Waals surface area contributed by atoms with Crippen LogP contribution in [0.15, 0.2) is 82.2 Å². The molecule has 5 aromatic rings. The topological polar surface area (TPSA) is 208 Å². The van der Waals surface area contributed by atoms with E-state index in [0.717, 1.165) is 59.6 Å². The van der Waals surface area contributed by atoms with Crippen molar-refractivity contribution in [3.05, 3.63) is 111 Å². The lowest BCUT2D eigenvalue weighted by molar-refractivity contribution is -0.148. The Labute approximate surface area is 465 Å². The third-order valence-electron chi connectivity index (χ3n) is 15.4. The number of thioether (sulfide) groups is 2. The summed E-state index contributed by atoms with van der Waals surface area (Å²) in [5.41, 5.74) is -4.88. The molecule has 79 heavy (non-hydrogen) atoms. The number of pyridine rings is 1. The standard InChI is InChI=1S/C57H67F2N6O11PS2/c1-34-9-16-45-42(27-34)47(61-76-45)51(70)63-22-18-41-14-15-44(50(69)64-32-39(31-56(64)19-20-56)36-17-21-62(8)46(66)30-36)65(41)49(68)43(33-63)60-48(67)37-11-10-35-12-13-40(29-38(35)28-37)57(58,59)77(73,74-23-25-78-52(71)54(2,3)4)75-24-26-79-53(72)55(5,6)7/h9-13,16-17,21,27-30,39,41,43-44H,14-15,18-20,22-26,31-33H2,1-8H3,(H,60,67)/t39-,41+,43-,44-/m0/s1. The van der Waals surface area contributed by atoms with Crippen LogP contribution in [-0.2, 0) is 45.5 Å². The molecule has 422 valence electrons. The number of carbonyl (C=O) groups excluding carboxylic acids is 6. The zero-order chi connectivity index (χ0) is 57.0. The van der Waals surface area contributed by atoms with Crippen LogP contribution in [0.25, 0.3) is 21.7 Å². The van der Waals surface area contributed by atoms with Crippen LogP contribution < -0.4 is 10.9 Å². The number of carbonyl (C=O) groups is 6. The first-order chi connectivity index (χ1) is 37.2. The average Bonchev–Trinajstić information content (AvgIpc) is 3.98. The molecule has 9 rings (SSSR count). The normalized spacial score (nSPS) is 20.6. The summed E-state index contributed by atoms with van der Waals surface area (Å²) in [4.78, 5) is 102. The van der Waals surface area contributed by atoms with Gasteiger partial charge in [0.2, 0.25) is 11.8 Å². The van der Waals surface area contributed by atoms with Gasteiger partial charge in [-0.1, -0.05) is 100 Å². The van der Waals surface area contributed by atoms with Crippen LogP contribution in [0.3, 0.4) is 0 Å². The maximum atomic E-state index is 16.9. The third-order valence-corrected chi connectivity index (χ3v) is 19.8. The Bertz CT molecular complexity index is 3310. The fourth-order valence-corrected chi connectivity index (χ4v) is 14.0. The number of hydrogen-bond acceptors (Lipinski definition) is 14. The van der Waals surface area contributed by atoms with Crippen LogP contribution in [0.2, 0.25) is 0 Å². The van der Waals surface area contributed by atoms with Gasteiger partial charge in [0.05, 0.1) is 25.1 Å². The third kappa shape index (κ3) is 12.0. The molecule has 1 saturated carbocycles. The molecule has 0 unspecified atom stereocenters. The molecule has 0 bridgehead atoms. The summed E-state index contributed by atoms with van der Waals surface area (Å²) >= 11 is 1.71. The van der Waals surface area contributed by atoms with Gasteiger partial charge in [0.15, 0.2) is 21.5 Å². The van der Waals surface area contributed by atoms with E-state index in [1.54, 1.807) is 77.9 Å². The van der Waals surface area contributed by atoms with Gasteiger partial charge in [-0.25, -0.2) is 0 Å². The summed E-state index contributed by atoms with van der Waals surface area (Å²) in [6, 6.07) is 14.0. The lowest BCUT2D eigenvalue weighted by Crippen LogP contribution is -2.61. The van der Waals surface area contributed by atoms with Crippen molar-refractivity contribution >= 4 is 86.7 Å². The Kier molecular flexibility index (Phi) is 16.4. The number of benzene rings is 3. The van der Waals surface area contributed by atoms with Gasteiger partial charge in [-0.2, -0.15) is 8.78 Å². The van der Waals surface area contributed by atoms with Crippen molar-refractivity contribution in [2.24, 2.45) is 17.9 Å². The number of aromatic nitrogens is 2. The van der Waals surface area contributed by atoms with Gasteiger partial charge in [0.25, 0.3) is 17.4 Å². The Morgan fingerprint density at radius 1 is 0.835 bits per heavy atom. The van der Waals surface area contributed by atoms with Gasteiger partial charge in [-0.3, -0.25) is 38.1 Å². The zero-order valence-electron chi connectivity index (χ0n) is 45.7. The Hall–Kier alpha value is -5.73. The van der Waals surface area contributed by atoms with Gasteiger partial charge in [-0.15, -0.1) is 0 Å². The van der Waals surface area contributed by atoms with E-state index in [0.29, 0.717) is 48.6 Å². The quantitative estimate of drug-likeness (QED) is 0.0766. The average molecular weight is 1150 g/mol. The van der Waals surface area contributed by atoms with Crippen LogP contribution in [-0.4, -0.2) is 126 Å². The molecule has 4 aliphatic rings. The van der Waals surface area contributed by atoms with Crippen LogP contribution in [0.5, 0.6) is 0 Å². The van der Waals surface area contributed by atoms with E-state index < -0.39 is 84.3 Å². The second-order valence-corrected chi connectivity index (χ2v) is 27.5. The van der Waals surface area contributed by atoms with Gasteiger partial charge in [0.1, 0.15) is 12.1 Å². The molecule has 4 amide bonds. The van der Waals surface area contributed by atoms with Crippen molar-refractivity contribution in [3.8, 4) is 0 Å². The fourth-order valence-electron chi connectivity index (χ4n) is 10.7. The first-order valence-corrected chi connectivity index (χ1v) is 30.1. The van der Waals surface area contributed by atoms with Crippen molar-refractivity contribution in [1.82, 2.24) is 29.7 Å². The minimum atomic E-state index is -5.38. The Morgan fingerprint density at radius 2 is 1.51 bits per heavy atom. The summed E-state index contributed by atoms with van der Waals surface area (Å²) in [6.45, 7) is 11.3. The largest absolute Gasteiger partial charge is 0.404 e. The molecule has 1 aliphatic carbocycles. The fraction of sp³-hybridized carbons (Fsp3) is 0.509. The highest BCUT2D eigenvalue weighted by Crippen LogP contribution is 2.67. The lowest BCUT2D eigenvalue weighted by atomic mass is 9.96. The lowest BCUT2D eigenvalue weighted by Gasteiger charge is -2.40. The van der Waals surface area contributed by atoms with Crippen LogP contribution in [0, 0.1) is 17.8 Å². The van der Waals surface area contributed by atoms with Crippen molar-refractivity contribution in [1.29, 1.82) is 0 Å². The number of nitrogens with one attached hydrogen (secondary N) is 1. The highest BCUT2D eigenvalue weighted by Gasteiger charge is 2.59. The van der Waals surface area contributed by atoms with E-state index >= 15 is 13.6 Å². The molecule has 17 nitrogen and oxygen atoms in total. The summed E-state index contributed by atoms with van der Waals surface area (Å²) in [6.07, 6.45) is 5.15. The second-order valence-electron chi connectivity index (χ2n) is 23.3. The number of fused-ring (bicyclic) bond motifs is 3. The predicted molar refractivity (Wildman–Crippen MR) is 298 cm³/mol. The first kappa shape index (κ1) is 57.9. The number of nitrogens with zero attached hydrogens (tertiary/aromatic N) is 5. The smallest absolute Gasteiger partial charge is 0.355 e. The van der Waals surface area contributed by atoms with Gasteiger partial charge < -0.3 is 38.2 Å². The van der Waals surface area contributed by atoms with E-state index in [4.69, 9.17) is 13.6 Å². The van der Waals surface area contributed by atoms with E-state index in [2.05, 4.69) is 10.5 Å². The van der Waals surface area contributed by atoms with E-state index in [-0.39, 0.29) is 68.9 Å². The molecule has 4 fully saturated rings. The number of alkyl halides is 2. The van der Waals surface area contributed by atoms with Crippen LogP contribution in [0.4, 0.5) is 8.78 Å². The Balaban J connectivity index is 0.989. The van der Waals surface area contributed by atoms with Crippen molar-refractivity contribution in [2.45, 2.75) is 122 Å². The minimum Gasteiger partial charge on any atom is -0.355 e. The van der Waals surface area contributed by atoms with E-state index in [9.17, 15) is 33.3 Å². The second kappa shape index (κ2) is 22.3. The van der Waals surface area contributed by atoms with Crippen molar-refractivity contribution < 1.29 is 55.7 Å². The number of hydrogen-bond donors (Lipinski definition) is 1. The maximum absolute atomic E-state index is 16.9.